The summed E-state index contributed by atoms with van der Waals surface area (Å²) in [5, 5.41) is 3.97. The van der Waals surface area contributed by atoms with Crippen LogP contribution in [0.1, 0.15) is 22.4 Å². The summed E-state index contributed by atoms with van der Waals surface area (Å²) in [5.41, 5.74) is 1.95. The van der Waals surface area contributed by atoms with E-state index in [1.54, 1.807) is 12.1 Å². The zero-order chi connectivity index (χ0) is 29.0. The van der Waals surface area contributed by atoms with Gasteiger partial charge in [0, 0.05) is 23.0 Å². The summed E-state index contributed by atoms with van der Waals surface area (Å²) in [7, 11) is 1.50. The lowest BCUT2D eigenvalue weighted by molar-refractivity contribution is -0.137. The monoisotopic (exact) mass is 589 g/mol. The maximum Gasteiger partial charge on any atom is 0.416 e. The van der Waals surface area contributed by atoms with Crippen LogP contribution in [-0.2, 0) is 28.8 Å². The van der Waals surface area contributed by atoms with Crippen LogP contribution >= 0.6 is 23.2 Å². The van der Waals surface area contributed by atoms with Crippen LogP contribution < -0.4 is 15.0 Å². The largest absolute Gasteiger partial charge is 0.487 e. The van der Waals surface area contributed by atoms with Gasteiger partial charge in [-0.1, -0.05) is 53.5 Å². The first-order valence-corrected chi connectivity index (χ1v) is 12.8. The van der Waals surface area contributed by atoms with Gasteiger partial charge in [-0.2, -0.15) is 13.2 Å². The SMILES string of the molecule is Cc1nc2ccccc2cc1OCc1c(Cl)ccc(N(C)C(=O)CNC(=O)Cc2ccc(C(F)(F)F)cc2)c1Cl. The van der Waals surface area contributed by atoms with Gasteiger partial charge in [0.15, 0.2) is 0 Å². The Morgan fingerprint density at radius 3 is 2.42 bits per heavy atom. The predicted octanol–water partition coefficient (Wildman–Crippen LogP) is 6.77. The van der Waals surface area contributed by atoms with Gasteiger partial charge in [0.05, 0.1) is 40.4 Å². The van der Waals surface area contributed by atoms with Crippen LogP contribution in [0.2, 0.25) is 10.0 Å². The standard InChI is InChI=1S/C29H24Cl2F3N3O3/c1-17-25(14-19-5-3-4-6-23(19)36-17)40-16-21-22(30)11-12-24(28(21)31)37(2)27(39)15-35-26(38)13-18-7-9-20(10-8-18)29(32,33)34/h3-12,14H,13,15-16H2,1-2H3,(H,35,38). The van der Waals surface area contributed by atoms with Crippen molar-refractivity contribution >= 4 is 51.6 Å². The normalized spacial score (nSPS) is 11.4. The van der Waals surface area contributed by atoms with Crippen molar-refractivity contribution in [3.63, 3.8) is 0 Å². The summed E-state index contributed by atoms with van der Waals surface area (Å²) in [6.45, 7) is 1.51. The van der Waals surface area contributed by atoms with E-state index < -0.39 is 23.6 Å². The Bertz CT molecular complexity index is 1560. The number of likely N-dealkylation sites (N-methyl/N-ethyl adjacent to an activating group) is 1. The molecular formula is C29H24Cl2F3N3O3. The number of para-hydroxylation sites is 1. The molecule has 1 heterocycles. The van der Waals surface area contributed by atoms with Crippen molar-refractivity contribution in [1.82, 2.24) is 10.3 Å². The second kappa shape index (κ2) is 12.1. The molecule has 0 unspecified atom stereocenters. The highest BCUT2D eigenvalue weighted by Crippen LogP contribution is 2.35. The van der Waals surface area contributed by atoms with Crippen molar-refractivity contribution in [2.75, 3.05) is 18.5 Å². The molecule has 6 nitrogen and oxygen atoms in total. The van der Waals surface area contributed by atoms with Crippen molar-refractivity contribution in [1.29, 1.82) is 0 Å². The topological polar surface area (TPSA) is 71.5 Å². The van der Waals surface area contributed by atoms with Crippen LogP contribution in [0.5, 0.6) is 5.75 Å². The Morgan fingerprint density at radius 2 is 1.73 bits per heavy atom. The number of pyridine rings is 1. The van der Waals surface area contributed by atoms with E-state index in [4.69, 9.17) is 27.9 Å². The highest BCUT2D eigenvalue weighted by Gasteiger charge is 2.30. The van der Waals surface area contributed by atoms with Gasteiger partial charge in [0.1, 0.15) is 12.4 Å². The molecule has 0 bridgehead atoms. The highest BCUT2D eigenvalue weighted by molar-refractivity contribution is 6.38. The number of aromatic nitrogens is 1. The Morgan fingerprint density at radius 1 is 1.02 bits per heavy atom. The minimum atomic E-state index is -4.46. The molecule has 208 valence electrons. The van der Waals surface area contributed by atoms with Gasteiger partial charge in [-0.25, -0.2) is 4.98 Å². The molecule has 1 aromatic heterocycles. The summed E-state index contributed by atoms with van der Waals surface area (Å²) < 4.78 is 44.2. The van der Waals surface area contributed by atoms with Crippen molar-refractivity contribution in [3.05, 3.63) is 99.2 Å². The number of rotatable bonds is 8. The Balaban J connectivity index is 1.39. The molecule has 40 heavy (non-hydrogen) atoms. The molecule has 1 N–H and O–H groups in total. The highest BCUT2D eigenvalue weighted by atomic mass is 35.5. The quantitative estimate of drug-likeness (QED) is 0.246. The molecule has 0 saturated carbocycles. The minimum absolute atomic E-state index is 0.0261. The van der Waals surface area contributed by atoms with E-state index in [0.29, 0.717) is 33.3 Å². The fraction of sp³-hybridized carbons (Fsp3) is 0.207. The van der Waals surface area contributed by atoms with Crippen LogP contribution in [-0.4, -0.2) is 30.4 Å². The number of fused-ring (bicyclic) bond motifs is 1. The van der Waals surface area contributed by atoms with Crippen LogP contribution in [0, 0.1) is 6.92 Å². The van der Waals surface area contributed by atoms with Gasteiger partial charge < -0.3 is 15.0 Å². The van der Waals surface area contributed by atoms with Crippen LogP contribution in [0.25, 0.3) is 10.9 Å². The Labute approximate surface area is 238 Å². The third-order valence-electron chi connectivity index (χ3n) is 6.22. The van der Waals surface area contributed by atoms with E-state index in [1.807, 2.05) is 37.3 Å². The molecule has 0 atom stereocenters. The zero-order valence-corrected chi connectivity index (χ0v) is 23.0. The first-order chi connectivity index (χ1) is 18.9. The molecule has 4 aromatic rings. The van der Waals surface area contributed by atoms with E-state index >= 15 is 0 Å². The van der Waals surface area contributed by atoms with Crippen molar-refractivity contribution in [3.8, 4) is 5.75 Å². The molecular weight excluding hydrogens is 566 g/mol. The molecule has 0 radical (unpaired) electrons. The molecule has 11 heteroatoms. The number of anilines is 1. The van der Waals surface area contributed by atoms with Crippen molar-refractivity contribution < 1.29 is 27.5 Å². The lowest BCUT2D eigenvalue weighted by Crippen LogP contribution is -2.39. The molecule has 0 saturated heterocycles. The van der Waals surface area contributed by atoms with E-state index in [1.165, 1.54) is 24.1 Å². The van der Waals surface area contributed by atoms with E-state index in [2.05, 4.69) is 10.3 Å². The fourth-order valence-corrected chi connectivity index (χ4v) is 4.56. The number of aryl methyl sites for hydroxylation is 1. The van der Waals surface area contributed by atoms with Gasteiger partial charge in [0.25, 0.3) is 0 Å². The minimum Gasteiger partial charge on any atom is -0.487 e. The molecule has 0 aliphatic rings. The summed E-state index contributed by atoms with van der Waals surface area (Å²) in [6, 6.07) is 17.0. The van der Waals surface area contributed by atoms with E-state index in [9.17, 15) is 22.8 Å². The average molecular weight is 590 g/mol. The second-order valence-corrected chi connectivity index (χ2v) is 9.80. The zero-order valence-electron chi connectivity index (χ0n) is 21.5. The van der Waals surface area contributed by atoms with E-state index in [0.717, 1.165) is 23.0 Å². The lowest BCUT2D eigenvalue weighted by Gasteiger charge is -2.21. The summed E-state index contributed by atoms with van der Waals surface area (Å²) >= 11 is 13.0. The number of ether oxygens (including phenoxy) is 1. The van der Waals surface area contributed by atoms with Gasteiger partial charge in [-0.05, 0) is 48.9 Å². The molecule has 0 fully saturated rings. The molecule has 0 spiro atoms. The summed E-state index contributed by atoms with van der Waals surface area (Å²) in [4.78, 5) is 30.9. The van der Waals surface area contributed by atoms with Gasteiger partial charge in [0.2, 0.25) is 11.8 Å². The first kappa shape index (κ1) is 29.2. The molecule has 4 rings (SSSR count). The summed E-state index contributed by atoms with van der Waals surface area (Å²) in [6.07, 6.45) is -4.64. The Hall–Kier alpha value is -3.82. The number of hydrogen-bond acceptors (Lipinski definition) is 4. The van der Waals surface area contributed by atoms with Crippen LogP contribution in [0.15, 0.2) is 66.7 Å². The fourth-order valence-electron chi connectivity index (χ4n) is 3.95. The van der Waals surface area contributed by atoms with Crippen molar-refractivity contribution in [2.24, 2.45) is 0 Å². The van der Waals surface area contributed by atoms with Crippen LogP contribution in [0.3, 0.4) is 0 Å². The Kier molecular flexibility index (Phi) is 8.85. The molecule has 0 aliphatic heterocycles. The van der Waals surface area contributed by atoms with Gasteiger partial charge in [-0.3, -0.25) is 9.59 Å². The average Bonchev–Trinajstić information content (AvgIpc) is 2.91. The predicted molar refractivity (Wildman–Crippen MR) is 149 cm³/mol. The number of benzene rings is 3. The molecule has 0 aliphatic carbocycles. The maximum atomic E-state index is 12.8. The van der Waals surface area contributed by atoms with Gasteiger partial charge >= 0.3 is 6.18 Å². The molecule has 3 aromatic carbocycles. The smallest absolute Gasteiger partial charge is 0.416 e. The third kappa shape index (κ3) is 6.84. The number of nitrogens with zero attached hydrogens (tertiary/aromatic N) is 2. The number of halogens is 5. The summed E-state index contributed by atoms with van der Waals surface area (Å²) in [5.74, 6) is -0.417. The van der Waals surface area contributed by atoms with E-state index in [-0.39, 0.29) is 24.6 Å². The first-order valence-electron chi connectivity index (χ1n) is 12.1. The van der Waals surface area contributed by atoms with Crippen molar-refractivity contribution in [2.45, 2.75) is 26.1 Å². The third-order valence-corrected chi connectivity index (χ3v) is 7.00. The number of amides is 2. The maximum absolute atomic E-state index is 12.8. The molecule has 2 amide bonds. The second-order valence-electron chi connectivity index (χ2n) is 9.01. The number of nitrogens with one attached hydrogen (secondary N) is 1. The number of carbonyl (C=O) groups excluding carboxylic acids is 2. The van der Waals surface area contributed by atoms with Crippen LogP contribution in [0.4, 0.5) is 18.9 Å². The lowest BCUT2D eigenvalue weighted by atomic mass is 10.1. The number of carbonyl (C=O) groups is 2. The number of hydrogen-bond donors (Lipinski definition) is 1. The number of alkyl halides is 3. The van der Waals surface area contributed by atoms with Gasteiger partial charge in [-0.15, -0.1) is 0 Å².